The molecule has 0 fully saturated rings. The molecule has 0 saturated heterocycles. The molecule has 1 aromatic carbocycles. The number of nitrogens with two attached hydrogens (primary N) is 2. The minimum Gasteiger partial charge on any atom is -0.381 e. The Kier molecular flexibility index (Phi) is 9.02. The minimum absolute atomic E-state index is 0.00458. The van der Waals surface area contributed by atoms with E-state index in [1.807, 2.05) is 39.0 Å². The Bertz CT molecular complexity index is 955. The van der Waals surface area contributed by atoms with Crippen molar-refractivity contribution < 1.29 is 18.9 Å². The number of hydrogen-bond donors (Lipinski definition) is 4. The number of rotatable bonds is 3. The molecule has 3 rings (SSSR count). The van der Waals surface area contributed by atoms with Crippen LogP contribution in [0.15, 0.2) is 53.2 Å². The molecule has 0 aliphatic heterocycles. The summed E-state index contributed by atoms with van der Waals surface area (Å²) in [6.07, 6.45) is 1.78. The number of H-pyrrole nitrogens is 1. The zero-order valence-electron chi connectivity index (χ0n) is 17.4. The summed E-state index contributed by atoms with van der Waals surface area (Å²) < 4.78 is 4.95. The van der Waals surface area contributed by atoms with Crippen LogP contribution in [0, 0.1) is 0 Å². The van der Waals surface area contributed by atoms with E-state index in [1.165, 1.54) is 13.1 Å². The minimum atomic E-state index is -0.260. The fourth-order valence-electron chi connectivity index (χ4n) is 2.09. The average molecular weight is 413 g/mol. The highest BCUT2D eigenvalue weighted by Crippen LogP contribution is 2.22. The molecule has 0 radical (unpaired) electrons. The van der Waals surface area contributed by atoms with Gasteiger partial charge in [-0.1, -0.05) is 44.1 Å². The van der Waals surface area contributed by atoms with Crippen molar-refractivity contribution in [2.45, 2.75) is 33.1 Å². The van der Waals surface area contributed by atoms with Gasteiger partial charge < -0.3 is 26.3 Å². The molecule has 3 aromatic rings. The Morgan fingerprint density at radius 2 is 1.77 bits per heavy atom. The Labute approximate surface area is 174 Å². The summed E-state index contributed by atoms with van der Waals surface area (Å²) in [6.45, 7) is 7.61. The van der Waals surface area contributed by atoms with E-state index >= 15 is 0 Å². The number of Topliss-reactive ketones (excluding diaryl/α,β-unsaturated/α-hetero) is 1. The first-order valence-corrected chi connectivity index (χ1v) is 9.02. The van der Waals surface area contributed by atoms with E-state index < -0.39 is 0 Å². The molecule has 6 N–H and O–H groups in total. The quantitative estimate of drug-likeness (QED) is 0.381. The van der Waals surface area contributed by atoms with Crippen molar-refractivity contribution in [3.05, 3.63) is 65.7 Å². The maximum Gasteiger partial charge on any atom is 0.272 e. The van der Waals surface area contributed by atoms with Gasteiger partial charge in [-0.15, -0.1) is 0 Å². The Morgan fingerprint density at radius 1 is 1.17 bits per heavy atom. The van der Waals surface area contributed by atoms with E-state index in [4.69, 9.17) is 15.1 Å². The highest BCUT2D eigenvalue weighted by molar-refractivity contribution is 6.05. The van der Waals surface area contributed by atoms with E-state index in [0.29, 0.717) is 17.1 Å². The molecule has 0 bridgehead atoms. The molecule has 30 heavy (non-hydrogen) atoms. The average Bonchev–Trinajstić information content (AvgIpc) is 3.33. The van der Waals surface area contributed by atoms with Gasteiger partial charge in [-0.05, 0) is 25.1 Å². The Balaban J connectivity index is 0.000000294. The van der Waals surface area contributed by atoms with E-state index in [9.17, 15) is 9.59 Å². The molecule has 0 unspecified atom stereocenters. The van der Waals surface area contributed by atoms with E-state index in [0.717, 1.165) is 11.4 Å². The van der Waals surface area contributed by atoms with Crippen LogP contribution < -0.4 is 16.8 Å². The van der Waals surface area contributed by atoms with E-state index in [-0.39, 0.29) is 23.5 Å². The second-order valence-corrected chi connectivity index (χ2v) is 7.18. The van der Waals surface area contributed by atoms with Crippen LogP contribution in [0.4, 0.5) is 11.5 Å². The number of benzene rings is 1. The van der Waals surface area contributed by atoms with Gasteiger partial charge in [0.25, 0.3) is 5.91 Å². The van der Waals surface area contributed by atoms with Crippen molar-refractivity contribution in [2.24, 2.45) is 5.73 Å². The van der Waals surface area contributed by atoms with Crippen molar-refractivity contribution in [1.82, 2.24) is 10.1 Å². The van der Waals surface area contributed by atoms with Gasteiger partial charge in [0, 0.05) is 28.9 Å². The summed E-state index contributed by atoms with van der Waals surface area (Å²) in [7, 11) is 0. The van der Waals surface area contributed by atoms with Crippen LogP contribution in [0.2, 0.25) is 0 Å². The molecule has 2 amide bonds. The number of nitrogens with one attached hydrogen (secondary N) is 2. The van der Waals surface area contributed by atoms with E-state index in [1.54, 1.807) is 24.3 Å². The molecule has 9 nitrogen and oxygen atoms in total. The van der Waals surface area contributed by atoms with Gasteiger partial charge in [-0.25, -0.2) is 0 Å². The largest absolute Gasteiger partial charge is 0.381 e. The van der Waals surface area contributed by atoms with Crippen LogP contribution in [-0.4, -0.2) is 28.2 Å². The zero-order valence-corrected chi connectivity index (χ0v) is 17.4. The first-order chi connectivity index (χ1) is 14.1. The standard InChI is InChI=1S/C13H12N2O2.C7H12N2O.CH3NO/c1-9(16)10-7-12(14-8-10)13(17)15-11-5-3-2-4-6-11;1-7(2,3)5-4-6(8)9-10-5;2-1-3/h2-8,14H,1H3,(H,15,17);4H,1-3H3,(H2,8,9);1H,(H2,2,3). The number of nitrogen functional groups attached to an aromatic ring is 1. The molecule has 0 saturated carbocycles. The normalized spacial score (nSPS) is 10.0. The Hall–Kier alpha value is -3.88. The summed E-state index contributed by atoms with van der Waals surface area (Å²) in [6, 6.07) is 12.4. The van der Waals surface area contributed by atoms with Crippen LogP contribution in [0.1, 0.15) is 54.3 Å². The predicted octanol–water partition coefficient (Wildman–Crippen LogP) is 3.13. The summed E-state index contributed by atoms with van der Waals surface area (Å²) in [5, 5.41) is 6.31. The SMILES string of the molecule is CC(=O)c1c[nH]c(C(=O)Nc2ccccc2)c1.CC(C)(C)c1cc(N)no1.NC=O. The third-order valence-electron chi connectivity index (χ3n) is 3.63. The molecule has 0 aliphatic rings. The highest BCUT2D eigenvalue weighted by atomic mass is 16.5. The monoisotopic (exact) mass is 413 g/mol. The van der Waals surface area contributed by atoms with Gasteiger partial charge in [0.05, 0.1) is 0 Å². The number of aromatic nitrogens is 2. The molecular weight excluding hydrogens is 386 g/mol. The van der Waals surface area contributed by atoms with E-state index in [2.05, 4.69) is 21.2 Å². The second kappa shape index (κ2) is 11.2. The molecule has 2 aromatic heterocycles. The summed E-state index contributed by atoms with van der Waals surface area (Å²) in [5.41, 5.74) is 11.1. The van der Waals surface area contributed by atoms with Gasteiger partial charge in [-0.2, -0.15) is 0 Å². The lowest BCUT2D eigenvalue weighted by atomic mass is 9.93. The van der Waals surface area contributed by atoms with Crippen molar-refractivity contribution in [3.8, 4) is 0 Å². The van der Waals surface area contributed by atoms with Gasteiger partial charge in [0.2, 0.25) is 6.41 Å². The third-order valence-corrected chi connectivity index (χ3v) is 3.63. The van der Waals surface area contributed by atoms with Crippen LogP contribution in [0.5, 0.6) is 0 Å². The number of hydrogen-bond acceptors (Lipinski definition) is 6. The highest BCUT2D eigenvalue weighted by Gasteiger charge is 2.18. The Morgan fingerprint density at radius 3 is 2.17 bits per heavy atom. The molecule has 2 heterocycles. The van der Waals surface area contributed by atoms with Crippen LogP contribution >= 0.6 is 0 Å². The summed E-state index contributed by atoms with van der Waals surface area (Å²) in [4.78, 5) is 34.2. The first kappa shape index (κ1) is 24.2. The molecule has 160 valence electrons. The number of amides is 2. The maximum absolute atomic E-state index is 11.8. The smallest absolute Gasteiger partial charge is 0.272 e. The number of aromatic amines is 1. The fraction of sp³-hybridized carbons (Fsp3) is 0.238. The summed E-state index contributed by atoms with van der Waals surface area (Å²) >= 11 is 0. The fourth-order valence-corrected chi connectivity index (χ4v) is 2.09. The maximum atomic E-state index is 11.8. The first-order valence-electron chi connectivity index (χ1n) is 9.02. The van der Waals surface area contributed by atoms with Gasteiger partial charge in [0.1, 0.15) is 11.5 Å². The van der Waals surface area contributed by atoms with Crippen LogP contribution in [0.25, 0.3) is 0 Å². The molecule has 0 aliphatic carbocycles. The van der Waals surface area contributed by atoms with Crippen molar-refractivity contribution in [3.63, 3.8) is 0 Å². The van der Waals surface area contributed by atoms with Crippen molar-refractivity contribution in [1.29, 1.82) is 0 Å². The lowest BCUT2D eigenvalue weighted by Gasteiger charge is -2.11. The number of primary amides is 1. The van der Waals surface area contributed by atoms with Crippen LogP contribution in [-0.2, 0) is 10.2 Å². The number of ketones is 1. The molecular formula is C21H27N5O4. The zero-order chi connectivity index (χ0) is 22.7. The number of para-hydroxylation sites is 1. The predicted molar refractivity (Wildman–Crippen MR) is 115 cm³/mol. The third kappa shape index (κ3) is 8.01. The summed E-state index contributed by atoms with van der Waals surface area (Å²) in [5.74, 6) is 0.943. The lowest BCUT2D eigenvalue weighted by Crippen LogP contribution is -2.11. The number of anilines is 2. The van der Waals surface area contributed by atoms with Crippen molar-refractivity contribution in [2.75, 3.05) is 11.1 Å². The van der Waals surface area contributed by atoms with Gasteiger partial charge >= 0.3 is 0 Å². The second-order valence-electron chi connectivity index (χ2n) is 7.18. The van der Waals surface area contributed by atoms with Gasteiger partial charge in [-0.3, -0.25) is 14.4 Å². The molecule has 0 atom stereocenters. The number of carbonyl (C=O) groups excluding carboxylic acids is 3. The van der Waals surface area contributed by atoms with Gasteiger partial charge in [0.15, 0.2) is 11.6 Å². The number of nitrogens with zero attached hydrogens (tertiary/aromatic N) is 1. The van der Waals surface area contributed by atoms with Crippen LogP contribution in [0.3, 0.4) is 0 Å². The topological polar surface area (TPSA) is 157 Å². The number of carbonyl (C=O) groups is 3. The lowest BCUT2D eigenvalue weighted by molar-refractivity contribution is -0.106. The molecule has 0 spiro atoms. The van der Waals surface area contributed by atoms with Crippen molar-refractivity contribution >= 4 is 29.6 Å². The molecule has 9 heteroatoms.